The molecule has 0 unspecified atom stereocenters. The van der Waals surface area contributed by atoms with Crippen LogP contribution in [0.3, 0.4) is 0 Å². The van der Waals surface area contributed by atoms with Crippen molar-refractivity contribution in [3.05, 3.63) is 66.9 Å². The summed E-state index contributed by atoms with van der Waals surface area (Å²) in [6.45, 7) is 13.7. The summed E-state index contributed by atoms with van der Waals surface area (Å²) in [6.07, 6.45) is 7.84. The van der Waals surface area contributed by atoms with Crippen LogP contribution in [0.2, 0.25) is 0 Å². The number of hydrogen-bond acceptors (Lipinski definition) is 0. The molecule has 0 atom stereocenters. The Morgan fingerprint density at radius 1 is 1.06 bits per heavy atom. The highest BCUT2D eigenvalue weighted by Crippen LogP contribution is 1.98. The zero-order chi connectivity index (χ0) is 14.2. The summed E-state index contributed by atoms with van der Waals surface area (Å²) in [6, 6.07) is 10.3. The Bertz CT molecular complexity index is 334. The van der Waals surface area contributed by atoms with Crippen molar-refractivity contribution in [2.75, 3.05) is 0 Å². The molecule has 0 amide bonds. The molecule has 1 aromatic rings. The highest BCUT2D eigenvalue weighted by molar-refractivity contribution is 5.29. The standard InChI is InChI=1S/C13H15N.2C2H6/c1-3-5-9-12(4-2)14-13-10-7-6-8-11-13;2*1-2/h3-11,14H,1H2,2H3;2*1-2H3/p+1/b9-5-,12-4+;;. The third kappa shape index (κ3) is 9.61. The van der Waals surface area contributed by atoms with Crippen molar-refractivity contribution in [2.24, 2.45) is 0 Å². The van der Waals surface area contributed by atoms with Gasteiger partial charge in [-0.1, -0.05) is 64.6 Å². The van der Waals surface area contributed by atoms with Gasteiger partial charge in [0.2, 0.25) is 0 Å². The Kier molecular flexibility index (Phi) is 16.0. The Balaban J connectivity index is 0. The molecule has 1 aromatic carbocycles. The molecule has 0 spiro atoms. The Morgan fingerprint density at radius 3 is 2.06 bits per heavy atom. The summed E-state index contributed by atoms with van der Waals surface area (Å²) < 4.78 is 0. The quantitative estimate of drug-likeness (QED) is 0.591. The second-order valence-electron chi connectivity index (χ2n) is 2.94. The summed E-state index contributed by atoms with van der Waals surface area (Å²) in [5.74, 6) is 0. The summed E-state index contributed by atoms with van der Waals surface area (Å²) in [7, 11) is 0. The lowest BCUT2D eigenvalue weighted by molar-refractivity contribution is -0.512. The first-order valence-electron chi connectivity index (χ1n) is 6.72. The van der Waals surface area contributed by atoms with Crippen LogP contribution in [-0.4, -0.2) is 0 Å². The van der Waals surface area contributed by atoms with Crippen LogP contribution in [0, 0.1) is 0 Å². The average molecular weight is 246 g/mol. The smallest absolute Gasteiger partial charge is 0.134 e. The van der Waals surface area contributed by atoms with Gasteiger partial charge in [0.05, 0.1) is 0 Å². The van der Waals surface area contributed by atoms with Gasteiger partial charge in [-0.25, -0.2) is 0 Å². The topological polar surface area (TPSA) is 16.6 Å². The van der Waals surface area contributed by atoms with Crippen molar-refractivity contribution in [1.82, 2.24) is 0 Å². The normalized spacial score (nSPS) is 9.94. The predicted molar refractivity (Wildman–Crippen MR) is 83.8 cm³/mol. The van der Waals surface area contributed by atoms with E-state index in [4.69, 9.17) is 0 Å². The van der Waals surface area contributed by atoms with Crippen LogP contribution in [0.4, 0.5) is 5.69 Å². The van der Waals surface area contributed by atoms with Gasteiger partial charge in [0, 0.05) is 0 Å². The minimum Gasteiger partial charge on any atom is -0.282 e. The minimum absolute atomic E-state index is 1.19. The van der Waals surface area contributed by atoms with E-state index in [9.17, 15) is 0 Å². The molecule has 0 bridgehead atoms. The monoisotopic (exact) mass is 246 g/mol. The first-order valence-corrected chi connectivity index (χ1v) is 6.72. The van der Waals surface area contributed by atoms with Crippen LogP contribution in [0.5, 0.6) is 0 Å². The molecule has 0 aliphatic rings. The Morgan fingerprint density at radius 2 is 1.61 bits per heavy atom. The molecular formula is C17H28N+. The lowest BCUT2D eigenvalue weighted by Crippen LogP contribution is -2.75. The van der Waals surface area contributed by atoms with Crippen molar-refractivity contribution in [2.45, 2.75) is 34.6 Å². The Labute approximate surface area is 113 Å². The number of allylic oxidation sites excluding steroid dienone is 4. The van der Waals surface area contributed by atoms with Gasteiger partial charge in [-0.15, -0.1) is 0 Å². The van der Waals surface area contributed by atoms with Crippen LogP contribution >= 0.6 is 0 Å². The van der Waals surface area contributed by atoms with Crippen LogP contribution in [0.1, 0.15) is 34.6 Å². The van der Waals surface area contributed by atoms with Crippen molar-refractivity contribution in [1.29, 1.82) is 0 Å². The molecule has 2 N–H and O–H groups in total. The van der Waals surface area contributed by atoms with E-state index in [1.165, 1.54) is 11.4 Å². The largest absolute Gasteiger partial charge is 0.282 e. The van der Waals surface area contributed by atoms with E-state index < -0.39 is 0 Å². The number of nitrogens with two attached hydrogens (primary N) is 1. The second kappa shape index (κ2) is 15.4. The lowest BCUT2D eigenvalue weighted by atomic mass is 10.3. The molecule has 0 radical (unpaired) electrons. The third-order valence-electron chi connectivity index (χ3n) is 1.89. The van der Waals surface area contributed by atoms with Crippen molar-refractivity contribution < 1.29 is 5.32 Å². The maximum Gasteiger partial charge on any atom is 0.134 e. The maximum atomic E-state index is 3.65. The highest BCUT2D eigenvalue weighted by atomic mass is 14.9. The number of benzene rings is 1. The number of rotatable bonds is 4. The first kappa shape index (κ1) is 18.8. The van der Waals surface area contributed by atoms with Gasteiger partial charge < -0.3 is 0 Å². The number of quaternary nitrogens is 1. The molecule has 0 saturated heterocycles. The van der Waals surface area contributed by atoms with Gasteiger partial charge in [-0.2, -0.15) is 0 Å². The zero-order valence-corrected chi connectivity index (χ0v) is 12.5. The van der Waals surface area contributed by atoms with Gasteiger partial charge in [0.15, 0.2) is 0 Å². The SMILES string of the molecule is C=C/C=C\C(=C/C)[NH2+]c1ccccc1.CC.CC. The van der Waals surface area contributed by atoms with E-state index in [1.807, 2.05) is 65.0 Å². The van der Waals surface area contributed by atoms with Gasteiger partial charge in [-0.05, 0) is 31.2 Å². The minimum atomic E-state index is 1.19. The third-order valence-corrected chi connectivity index (χ3v) is 1.89. The molecule has 0 aromatic heterocycles. The van der Waals surface area contributed by atoms with Crippen molar-refractivity contribution in [3.8, 4) is 0 Å². The van der Waals surface area contributed by atoms with E-state index in [1.54, 1.807) is 6.08 Å². The second-order valence-corrected chi connectivity index (χ2v) is 2.94. The van der Waals surface area contributed by atoms with Crippen molar-refractivity contribution >= 4 is 5.69 Å². The molecule has 1 heteroatoms. The van der Waals surface area contributed by atoms with Crippen LogP contribution in [-0.2, 0) is 0 Å². The Hall–Kier alpha value is -1.60. The molecule has 0 saturated carbocycles. The van der Waals surface area contributed by atoms with Gasteiger partial charge in [0.1, 0.15) is 11.4 Å². The van der Waals surface area contributed by atoms with Gasteiger partial charge in [-0.3, -0.25) is 5.32 Å². The molecule has 1 nitrogen and oxygen atoms in total. The molecule has 1 rings (SSSR count). The fraction of sp³-hybridized carbons (Fsp3) is 0.294. The molecule has 0 aliphatic carbocycles. The molecule has 18 heavy (non-hydrogen) atoms. The zero-order valence-electron chi connectivity index (χ0n) is 12.5. The van der Waals surface area contributed by atoms with E-state index in [0.717, 1.165) is 0 Å². The molecule has 0 fully saturated rings. The van der Waals surface area contributed by atoms with Crippen LogP contribution in [0.25, 0.3) is 0 Å². The van der Waals surface area contributed by atoms with Crippen LogP contribution < -0.4 is 5.32 Å². The lowest BCUT2D eigenvalue weighted by Gasteiger charge is -1.99. The van der Waals surface area contributed by atoms with Crippen LogP contribution in [0.15, 0.2) is 66.9 Å². The van der Waals surface area contributed by atoms with E-state index in [-0.39, 0.29) is 0 Å². The molecule has 0 aliphatic heterocycles. The maximum absolute atomic E-state index is 3.65. The van der Waals surface area contributed by atoms with Gasteiger partial charge >= 0.3 is 0 Å². The van der Waals surface area contributed by atoms with E-state index >= 15 is 0 Å². The van der Waals surface area contributed by atoms with E-state index in [0.29, 0.717) is 0 Å². The number of para-hydroxylation sites is 1. The fourth-order valence-corrected chi connectivity index (χ4v) is 1.15. The van der Waals surface area contributed by atoms with Gasteiger partial charge in [0.25, 0.3) is 0 Å². The summed E-state index contributed by atoms with van der Waals surface area (Å²) >= 11 is 0. The summed E-state index contributed by atoms with van der Waals surface area (Å²) in [5.41, 5.74) is 2.41. The molecule has 100 valence electrons. The summed E-state index contributed by atoms with van der Waals surface area (Å²) in [4.78, 5) is 0. The first-order chi connectivity index (χ1) is 8.86. The summed E-state index contributed by atoms with van der Waals surface area (Å²) in [5, 5.41) is 2.14. The average Bonchev–Trinajstić information content (AvgIpc) is 2.48. The fourth-order valence-electron chi connectivity index (χ4n) is 1.15. The molecular weight excluding hydrogens is 218 g/mol. The van der Waals surface area contributed by atoms with E-state index in [2.05, 4.69) is 30.1 Å². The molecule has 0 heterocycles. The van der Waals surface area contributed by atoms with Crippen molar-refractivity contribution in [3.63, 3.8) is 0 Å². The predicted octanol–water partition coefficient (Wildman–Crippen LogP) is 4.58. The number of hydrogen-bond donors (Lipinski definition) is 1. The highest BCUT2D eigenvalue weighted by Gasteiger charge is 1.97.